The molecule has 0 bridgehead atoms. The average molecular weight is 326 g/mol. The van der Waals surface area contributed by atoms with Crippen LogP contribution in [0.25, 0.3) is 0 Å². The second kappa shape index (κ2) is 6.21. The first-order valence-corrected chi connectivity index (χ1v) is 6.98. The van der Waals surface area contributed by atoms with E-state index in [1.54, 1.807) is 6.20 Å². The van der Waals surface area contributed by atoms with Crippen LogP contribution in [0.5, 0.6) is 0 Å². The molecule has 0 spiro atoms. The Hall–Kier alpha value is -1.06. The zero-order chi connectivity index (χ0) is 13.0. The number of anilines is 1. The summed E-state index contributed by atoms with van der Waals surface area (Å²) in [5.41, 5.74) is 3.42. The summed E-state index contributed by atoms with van der Waals surface area (Å²) in [6, 6.07) is 10.2. The first-order valence-electron chi connectivity index (χ1n) is 5.65. The molecule has 0 N–H and O–H groups in total. The molecule has 2 rings (SSSR count). The topological polar surface area (TPSA) is 16.1 Å². The predicted molar refractivity (Wildman–Crippen MR) is 80.0 cm³/mol. The summed E-state index contributed by atoms with van der Waals surface area (Å²) in [4.78, 5) is 6.28. The maximum absolute atomic E-state index is 5.93. The Morgan fingerprint density at radius 1 is 1.22 bits per heavy atom. The molecule has 18 heavy (non-hydrogen) atoms. The van der Waals surface area contributed by atoms with Gasteiger partial charge in [-0.15, -0.1) is 11.6 Å². The lowest BCUT2D eigenvalue weighted by Crippen LogP contribution is -2.18. The number of halogens is 2. The maximum atomic E-state index is 5.93. The summed E-state index contributed by atoms with van der Waals surface area (Å²) >= 11 is 9.50. The van der Waals surface area contributed by atoms with E-state index in [-0.39, 0.29) is 0 Å². The fraction of sp³-hybridized carbons (Fsp3) is 0.214. The number of rotatable bonds is 4. The van der Waals surface area contributed by atoms with Crippen LogP contribution in [0.15, 0.2) is 47.2 Å². The zero-order valence-corrected chi connectivity index (χ0v) is 12.4. The van der Waals surface area contributed by atoms with Crippen LogP contribution in [0, 0.1) is 0 Å². The van der Waals surface area contributed by atoms with Gasteiger partial charge in [-0.1, -0.05) is 34.1 Å². The van der Waals surface area contributed by atoms with E-state index < -0.39 is 0 Å². The van der Waals surface area contributed by atoms with Gasteiger partial charge in [-0.3, -0.25) is 4.98 Å². The molecule has 1 aromatic carbocycles. The van der Waals surface area contributed by atoms with Crippen molar-refractivity contribution in [1.29, 1.82) is 0 Å². The van der Waals surface area contributed by atoms with Gasteiger partial charge >= 0.3 is 0 Å². The minimum absolute atomic E-state index is 0.476. The summed E-state index contributed by atoms with van der Waals surface area (Å²) in [6.45, 7) is 0.829. The minimum Gasteiger partial charge on any atom is -0.370 e. The van der Waals surface area contributed by atoms with Gasteiger partial charge in [-0.25, -0.2) is 0 Å². The van der Waals surface area contributed by atoms with Crippen molar-refractivity contribution in [2.45, 2.75) is 12.4 Å². The van der Waals surface area contributed by atoms with Crippen LogP contribution < -0.4 is 4.90 Å². The highest BCUT2D eigenvalue weighted by molar-refractivity contribution is 9.10. The Balaban J connectivity index is 2.22. The predicted octanol–water partition coefficient (Wildman–Crippen LogP) is 4.22. The Labute approximate surface area is 121 Å². The van der Waals surface area contributed by atoms with Gasteiger partial charge in [0.25, 0.3) is 0 Å². The van der Waals surface area contributed by atoms with Crippen LogP contribution in [-0.2, 0) is 12.4 Å². The van der Waals surface area contributed by atoms with E-state index in [9.17, 15) is 0 Å². The van der Waals surface area contributed by atoms with Gasteiger partial charge in [0.2, 0.25) is 0 Å². The van der Waals surface area contributed by atoms with Crippen LogP contribution in [0.3, 0.4) is 0 Å². The molecule has 0 fully saturated rings. The molecule has 0 saturated carbocycles. The van der Waals surface area contributed by atoms with Gasteiger partial charge in [0.15, 0.2) is 0 Å². The summed E-state index contributed by atoms with van der Waals surface area (Å²) in [6.07, 6.45) is 3.61. The Bertz CT molecular complexity index is 531. The highest BCUT2D eigenvalue weighted by Crippen LogP contribution is 2.24. The summed E-state index contributed by atoms with van der Waals surface area (Å²) in [5, 5.41) is 0. The SMILES string of the molecule is CN(Cc1ccccc1Br)c1ccncc1CCl. The third kappa shape index (κ3) is 3.03. The number of alkyl halides is 1. The molecule has 0 aliphatic heterocycles. The Morgan fingerprint density at radius 2 is 2.00 bits per heavy atom. The summed E-state index contributed by atoms with van der Waals surface area (Å²) in [7, 11) is 2.06. The molecule has 0 radical (unpaired) electrons. The van der Waals surface area contributed by atoms with Gasteiger partial charge in [0, 0.05) is 41.7 Å². The second-order valence-corrected chi connectivity index (χ2v) is 5.21. The largest absolute Gasteiger partial charge is 0.370 e. The lowest BCUT2D eigenvalue weighted by molar-refractivity contribution is 0.908. The van der Waals surface area contributed by atoms with Crippen LogP contribution in [-0.4, -0.2) is 12.0 Å². The van der Waals surface area contributed by atoms with Crippen LogP contribution in [0.1, 0.15) is 11.1 Å². The Kier molecular flexibility index (Phi) is 4.61. The highest BCUT2D eigenvalue weighted by Gasteiger charge is 2.08. The number of nitrogens with zero attached hydrogens (tertiary/aromatic N) is 2. The van der Waals surface area contributed by atoms with E-state index in [0.29, 0.717) is 5.88 Å². The number of hydrogen-bond donors (Lipinski definition) is 0. The number of pyridine rings is 1. The molecule has 0 unspecified atom stereocenters. The quantitative estimate of drug-likeness (QED) is 0.782. The molecule has 2 nitrogen and oxygen atoms in total. The molecule has 0 saturated heterocycles. The van der Waals surface area contributed by atoms with Crippen molar-refractivity contribution < 1.29 is 0 Å². The van der Waals surface area contributed by atoms with E-state index in [4.69, 9.17) is 11.6 Å². The molecular formula is C14H14BrClN2. The Morgan fingerprint density at radius 3 is 2.72 bits per heavy atom. The standard InChI is InChI=1S/C14H14BrClN2/c1-18(10-11-4-2-3-5-13(11)15)14-6-7-17-9-12(14)8-16/h2-7,9H,8,10H2,1H3. The van der Waals surface area contributed by atoms with Crippen molar-refractivity contribution >= 4 is 33.2 Å². The maximum Gasteiger partial charge on any atom is 0.0509 e. The van der Waals surface area contributed by atoms with E-state index in [2.05, 4.69) is 45.0 Å². The van der Waals surface area contributed by atoms with Crippen LogP contribution >= 0.6 is 27.5 Å². The van der Waals surface area contributed by atoms with Crippen LogP contribution in [0.4, 0.5) is 5.69 Å². The van der Waals surface area contributed by atoms with E-state index in [0.717, 1.165) is 22.3 Å². The lowest BCUT2D eigenvalue weighted by atomic mass is 10.2. The summed E-state index contributed by atoms with van der Waals surface area (Å²) < 4.78 is 1.12. The number of benzene rings is 1. The second-order valence-electron chi connectivity index (χ2n) is 4.09. The van der Waals surface area contributed by atoms with Crippen molar-refractivity contribution in [2.75, 3.05) is 11.9 Å². The molecular weight excluding hydrogens is 312 g/mol. The molecule has 94 valence electrons. The minimum atomic E-state index is 0.476. The molecule has 1 aromatic heterocycles. The van der Waals surface area contributed by atoms with Crippen molar-refractivity contribution in [2.24, 2.45) is 0 Å². The lowest BCUT2D eigenvalue weighted by Gasteiger charge is -2.22. The fourth-order valence-corrected chi connectivity index (χ4v) is 2.48. The molecule has 0 aliphatic carbocycles. The molecule has 0 aliphatic rings. The van der Waals surface area contributed by atoms with Crippen molar-refractivity contribution in [3.8, 4) is 0 Å². The third-order valence-electron chi connectivity index (χ3n) is 2.80. The number of hydrogen-bond acceptors (Lipinski definition) is 2. The smallest absolute Gasteiger partial charge is 0.0509 e. The summed E-state index contributed by atoms with van der Waals surface area (Å²) in [5.74, 6) is 0.476. The molecule has 2 aromatic rings. The van der Waals surface area contributed by atoms with Gasteiger partial charge < -0.3 is 4.90 Å². The highest BCUT2D eigenvalue weighted by atomic mass is 79.9. The average Bonchev–Trinajstić information content (AvgIpc) is 2.41. The monoisotopic (exact) mass is 324 g/mol. The van der Waals surface area contributed by atoms with E-state index in [1.807, 2.05) is 24.4 Å². The van der Waals surface area contributed by atoms with Gasteiger partial charge in [-0.05, 0) is 17.7 Å². The first-order chi connectivity index (χ1) is 8.72. The van der Waals surface area contributed by atoms with E-state index >= 15 is 0 Å². The fourth-order valence-electron chi connectivity index (χ4n) is 1.86. The van der Waals surface area contributed by atoms with Gasteiger partial charge in [0.05, 0.1) is 5.88 Å². The van der Waals surface area contributed by atoms with Gasteiger partial charge in [-0.2, -0.15) is 0 Å². The molecule has 0 atom stereocenters. The molecule has 1 heterocycles. The molecule has 4 heteroatoms. The van der Waals surface area contributed by atoms with Crippen molar-refractivity contribution in [3.05, 3.63) is 58.3 Å². The first kappa shape index (κ1) is 13.4. The zero-order valence-electron chi connectivity index (χ0n) is 10.1. The normalized spacial score (nSPS) is 10.4. The van der Waals surface area contributed by atoms with Crippen molar-refractivity contribution in [3.63, 3.8) is 0 Å². The van der Waals surface area contributed by atoms with Crippen LogP contribution in [0.2, 0.25) is 0 Å². The number of aromatic nitrogens is 1. The van der Waals surface area contributed by atoms with E-state index in [1.165, 1.54) is 5.56 Å². The molecule has 0 amide bonds. The third-order valence-corrected chi connectivity index (χ3v) is 3.86. The van der Waals surface area contributed by atoms with Gasteiger partial charge in [0.1, 0.15) is 0 Å². The van der Waals surface area contributed by atoms with Crippen molar-refractivity contribution in [1.82, 2.24) is 4.98 Å².